The Hall–Kier alpha value is -0.720. The largest absolute Gasteiger partial charge is 0.383 e. The highest BCUT2D eigenvalue weighted by Crippen LogP contribution is 2.45. The average molecular weight is 177 g/mol. The molecule has 1 atom stereocenters. The lowest BCUT2D eigenvalue weighted by Crippen LogP contribution is -2.30. The van der Waals surface area contributed by atoms with Gasteiger partial charge in [-0.2, -0.15) is 0 Å². The Bertz CT molecular complexity index is 281. The summed E-state index contributed by atoms with van der Waals surface area (Å²) in [6.07, 6.45) is 7.98. The van der Waals surface area contributed by atoms with Gasteiger partial charge in [-0.1, -0.05) is 26.0 Å². The Kier molecular flexibility index (Phi) is 1.64. The molecule has 0 aromatic carbocycles. The molecule has 0 bridgehead atoms. The fraction of sp³-hybridized carbons (Fsp3) is 0.667. The molecule has 0 spiro atoms. The highest BCUT2D eigenvalue weighted by atomic mass is 15.0. The molecule has 1 fully saturated rings. The molecule has 1 saturated heterocycles. The summed E-state index contributed by atoms with van der Waals surface area (Å²) in [5.41, 5.74) is 2.03. The van der Waals surface area contributed by atoms with Crippen molar-refractivity contribution in [3.8, 4) is 0 Å². The molecule has 1 aliphatic carbocycles. The fourth-order valence-electron chi connectivity index (χ4n) is 2.49. The summed E-state index contributed by atoms with van der Waals surface area (Å²) in [7, 11) is 0. The Balaban J connectivity index is 2.32. The van der Waals surface area contributed by atoms with Crippen LogP contribution in [0.3, 0.4) is 0 Å². The third-order valence-electron chi connectivity index (χ3n) is 3.27. The van der Waals surface area contributed by atoms with Crippen molar-refractivity contribution in [2.24, 2.45) is 11.3 Å². The molecule has 1 heteroatoms. The van der Waals surface area contributed by atoms with E-state index in [2.05, 4.69) is 51.2 Å². The average Bonchev–Trinajstić information content (AvgIpc) is 2.25. The zero-order valence-corrected chi connectivity index (χ0v) is 9.02. The van der Waals surface area contributed by atoms with Gasteiger partial charge in [0, 0.05) is 17.2 Å². The predicted molar refractivity (Wildman–Crippen MR) is 56.3 cm³/mol. The maximum atomic E-state index is 3.60. The van der Waals surface area contributed by atoms with Gasteiger partial charge in [-0.15, -0.1) is 0 Å². The monoisotopic (exact) mass is 177 g/mol. The SMILES string of the molecule is CC1(C)C[C@H]2C(=CC=CC2(C)C)N1. The summed E-state index contributed by atoms with van der Waals surface area (Å²) in [4.78, 5) is 0. The van der Waals surface area contributed by atoms with Crippen LogP contribution >= 0.6 is 0 Å². The number of nitrogens with one attached hydrogen (secondary N) is 1. The minimum Gasteiger partial charge on any atom is -0.383 e. The molecule has 2 rings (SSSR count). The molecule has 13 heavy (non-hydrogen) atoms. The molecule has 0 amide bonds. The van der Waals surface area contributed by atoms with Crippen LogP contribution in [0, 0.1) is 11.3 Å². The van der Waals surface area contributed by atoms with Crippen molar-refractivity contribution in [3.05, 3.63) is 23.9 Å². The van der Waals surface area contributed by atoms with Crippen molar-refractivity contribution in [3.63, 3.8) is 0 Å². The molecule has 2 aliphatic rings. The van der Waals surface area contributed by atoms with E-state index in [-0.39, 0.29) is 5.54 Å². The predicted octanol–water partition coefficient (Wildman–Crippen LogP) is 2.85. The van der Waals surface area contributed by atoms with Gasteiger partial charge < -0.3 is 5.32 Å². The van der Waals surface area contributed by atoms with E-state index >= 15 is 0 Å². The first kappa shape index (κ1) is 8.86. The summed E-state index contributed by atoms with van der Waals surface area (Å²) in [5.74, 6) is 0.687. The van der Waals surface area contributed by atoms with Crippen molar-refractivity contribution in [2.75, 3.05) is 0 Å². The highest BCUT2D eigenvalue weighted by molar-refractivity contribution is 5.30. The van der Waals surface area contributed by atoms with Gasteiger partial charge in [0.25, 0.3) is 0 Å². The van der Waals surface area contributed by atoms with E-state index in [1.165, 1.54) is 12.1 Å². The third-order valence-corrected chi connectivity index (χ3v) is 3.27. The van der Waals surface area contributed by atoms with E-state index in [1.54, 1.807) is 0 Å². The fourth-order valence-corrected chi connectivity index (χ4v) is 2.49. The molecule has 1 nitrogen and oxygen atoms in total. The second kappa shape index (κ2) is 2.40. The van der Waals surface area contributed by atoms with E-state index < -0.39 is 0 Å². The molecule has 0 saturated carbocycles. The van der Waals surface area contributed by atoms with E-state index in [4.69, 9.17) is 0 Å². The number of hydrogen-bond donors (Lipinski definition) is 1. The number of hydrogen-bond acceptors (Lipinski definition) is 1. The van der Waals surface area contributed by atoms with Gasteiger partial charge >= 0.3 is 0 Å². The first-order valence-corrected chi connectivity index (χ1v) is 5.08. The van der Waals surface area contributed by atoms with Crippen molar-refractivity contribution in [1.82, 2.24) is 5.32 Å². The molecule has 1 aliphatic heterocycles. The topological polar surface area (TPSA) is 12.0 Å². The summed E-state index contributed by atoms with van der Waals surface area (Å²) in [5, 5.41) is 3.60. The van der Waals surface area contributed by atoms with Gasteiger partial charge in [-0.25, -0.2) is 0 Å². The molecule has 0 radical (unpaired) electrons. The van der Waals surface area contributed by atoms with Crippen LogP contribution in [0.2, 0.25) is 0 Å². The number of fused-ring (bicyclic) bond motifs is 1. The highest BCUT2D eigenvalue weighted by Gasteiger charge is 2.42. The maximum absolute atomic E-state index is 3.60. The van der Waals surface area contributed by atoms with E-state index in [1.807, 2.05) is 0 Å². The normalized spacial score (nSPS) is 33.5. The molecule has 72 valence electrons. The second-order valence-corrected chi connectivity index (χ2v) is 5.57. The summed E-state index contributed by atoms with van der Waals surface area (Å²) in [6.45, 7) is 9.21. The molecule has 0 unspecified atom stereocenters. The minimum atomic E-state index is 0.278. The van der Waals surface area contributed by atoms with Crippen molar-refractivity contribution < 1.29 is 0 Å². The lowest BCUT2D eigenvalue weighted by atomic mass is 9.72. The van der Waals surface area contributed by atoms with E-state index in [0.29, 0.717) is 11.3 Å². The third kappa shape index (κ3) is 1.41. The smallest absolute Gasteiger partial charge is 0.0321 e. The minimum absolute atomic E-state index is 0.278. The van der Waals surface area contributed by atoms with Gasteiger partial charge in [0.15, 0.2) is 0 Å². The van der Waals surface area contributed by atoms with Gasteiger partial charge in [0.2, 0.25) is 0 Å². The maximum Gasteiger partial charge on any atom is 0.0321 e. The molecule has 1 heterocycles. The molecule has 0 aromatic rings. The van der Waals surface area contributed by atoms with Gasteiger partial charge in [0.1, 0.15) is 0 Å². The van der Waals surface area contributed by atoms with Crippen LogP contribution < -0.4 is 5.32 Å². The number of rotatable bonds is 0. The van der Waals surface area contributed by atoms with Crippen LogP contribution in [0.5, 0.6) is 0 Å². The summed E-state index contributed by atoms with van der Waals surface area (Å²) < 4.78 is 0. The molecular weight excluding hydrogens is 158 g/mol. The zero-order valence-electron chi connectivity index (χ0n) is 9.02. The second-order valence-electron chi connectivity index (χ2n) is 5.57. The van der Waals surface area contributed by atoms with Crippen LogP contribution in [0.4, 0.5) is 0 Å². The van der Waals surface area contributed by atoms with E-state index in [0.717, 1.165) is 0 Å². The Morgan fingerprint density at radius 3 is 2.62 bits per heavy atom. The zero-order chi connectivity index (χ0) is 9.69. The van der Waals surface area contributed by atoms with Crippen LogP contribution in [0.1, 0.15) is 34.1 Å². The first-order chi connectivity index (χ1) is 5.91. The van der Waals surface area contributed by atoms with Gasteiger partial charge in [-0.3, -0.25) is 0 Å². The van der Waals surface area contributed by atoms with Gasteiger partial charge in [-0.05, 0) is 31.8 Å². The lowest BCUT2D eigenvalue weighted by Gasteiger charge is -2.31. The summed E-state index contributed by atoms with van der Waals surface area (Å²) >= 11 is 0. The lowest BCUT2D eigenvalue weighted by molar-refractivity contribution is 0.305. The summed E-state index contributed by atoms with van der Waals surface area (Å²) in [6, 6.07) is 0. The Morgan fingerprint density at radius 2 is 2.00 bits per heavy atom. The van der Waals surface area contributed by atoms with Gasteiger partial charge in [0.05, 0.1) is 0 Å². The van der Waals surface area contributed by atoms with Crippen LogP contribution in [-0.4, -0.2) is 5.54 Å². The number of allylic oxidation sites excluding steroid dienone is 4. The van der Waals surface area contributed by atoms with Crippen molar-refractivity contribution in [2.45, 2.75) is 39.7 Å². The molecule has 0 aromatic heterocycles. The van der Waals surface area contributed by atoms with Crippen LogP contribution in [-0.2, 0) is 0 Å². The standard InChI is InChI=1S/C12H19N/c1-11(2)7-5-6-10-9(11)8-12(3,4)13-10/h5-7,9,13H,8H2,1-4H3/t9-/m0/s1. The van der Waals surface area contributed by atoms with Crippen molar-refractivity contribution >= 4 is 0 Å². The van der Waals surface area contributed by atoms with Crippen LogP contribution in [0.15, 0.2) is 23.9 Å². The Labute approximate surface area is 80.9 Å². The first-order valence-electron chi connectivity index (χ1n) is 5.08. The molecular formula is C12H19N. The van der Waals surface area contributed by atoms with E-state index in [9.17, 15) is 0 Å². The van der Waals surface area contributed by atoms with Crippen molar-refractivity contribution in [1.29, 1.82) is 0 Å². The van der Waals surface area contributed by atoms with Crippen LogP contribution in [0.25, 0.3) is 0 Å². The Morgan fingerprint density at radius 1 is 1.31 bits per heavy atom. The quantitative estimate of drug-likeness (QED) is 0.600. The molecule has 1 N–H and O–H groups in total.